The lowest BCUT2D eigenvalue weighted by Crippen LogP contribution is -1.94. The summed E-state index contributed by atoms with van der Waals surface area (Å²) in [6.45, 7) is 2.56. The van der Waals surface area contributed by atoms with Crippen LogP contribution in [0.3, 0.4) is 0 Å². The van der Waals surface area contributed by atoms with E-state index in [-0.39, 0.29) is 5.78 Å². The Hall–Kier alpha value is -1.77. The first-order valence-corrected chi connectivity index (χ1v) is 7.26. The van der Waals surface area contributed by atoms with E-state index >= 15 is 0 Å². The summed E-state index contributed by atoms with van der Waals surface area (Å²) >= 11 is 11.7. The summed E-state index contributed by atoms with van der Waals surface area (Å²) < 4.78 is 5.36. The number of benzene rings is 2. The summed E-state index contributed by atoms with van der Waals surface area (Å²) in [4.78, 5) is 12.0. The van der Waals surface area contributed by atoms with Crippen molar-refractivity contribution in [2.75, 3.05) is 6.61 Å². The van der Waals surface area contributed by atoms with E-state index in [2.05, 4.69) is 0 Å². The van der Waals surface area contributed by atoms with Crippen LogP contribution >= 0.6 is 23.2 Å². The quantitative estimate of drug-likeness (QED) is 0.552. The average Bonchev–Trinajstić information content (AvgIpc) is 2.49. The van der Waals surface area contributed by atoms with Gasteiger partial charge in [-0.15, -0.1) is 0 Å². The molecule has 0 aromatic heterocycles. The van der Waals surface area contributed by atoms with Crippen LogP contribution in [0.15, 0.2) is 48.5 Å². The molecule has 0 heterocycles. The van der Waals surface area contributed by atoms with Gasteiger partial charge >= 0.3 is 0 Å². The normalized spacial score (nSPS) is 10.8. The van der Waals surface area contributed by atoms with E-state index in [1.807, 2.05) is 31.2 Å². The third-order valence-corrected chi connectivity index (χ3v) is 3.56. The fourth-order valence-corrected chi connectivity index (χ4v) is 2.06. The van der Waals surface area contributed by atoms with Gasteiger partial charge in [-0.05, 0) is 48.9 Å². The lowest BCUT2D eigenvalue weighted by Gasteiger charge is -2.02. The molecule has 0 atom stereocenters. The first-order chi connectivity index (χ1) is 10.1. The Bertz CT molecular complexity index is 661. The van der Waals surface area contributed by atoms with Crippen molar-refractivity contribution in [1.82, 2.24) is 0 Å². The van der Waals surface area contributed by atoms with E-state index in [0.29, 0.717) is 22.2 Å². The molecule has 108 valence electrons. The molecule has 2 aromatic rings. The number of halogens is 2. The molecule has 0 aliphatic carbocycles. The molecular formula is C17H14Cl2O2. The second-order valence-corrected chi connectivity index (χ2v) is 5.14. The highest BCUT2D eigenvalue weighted by Gasteiger charge is 2.05. The molecule has 2 rings (SSSR count). The zero-order valence-corrected chi connectivity index (χ0v) is 13.0. The number of ether oxygens (including phenoxy) is 1. The predicted molar refractivity (Wildman–Crippen MR) is 87.4 cm³/mol. The molecule has 0 bridgehead atoms. The van der Waals surface area contributed by atoms with Crippen molar-refractivity contribution < 1.29 is 9.53 Å². The van der Waals surface area contributed by atoms with Crippen LogP contribution in [0.4, 0.5) is 0 Å². The molecule has 2 aromatic carbocycles. The molecule has 0 spiro atoms. The van der Waals surface area contributed by atoms with Gasteiger partial charge in [0.25, 0.3) is 0 Å². The minimum atomic E-state index is -0.123. The van der Waals surface area contributed by atoms with Crippen molar-refractivity contribution in [2.45, 2.75) is 6.92 Å². The molecule has 21 heavy (non-hydrogen) atoms. The standard InChI is InChI=1S/C17H14Cl2O2/c1-2-21-14-7-3-12(4-8-14)5-10-17(20)13-6-9-15(18)16(19)11-13/h3-11H,2H2,1H3/b10-5+. The number of ketones is 1. The van der Waals surface area contributed by atoms with Crippen molar-refractivity contribution in [3.05, 3.63) is 69.7 Å². The van der Waals surface area contributed by atoms with E-state index in [0.717, 1.165) is 11.3 Å². The molecular weight excluding hydrogens is 307 g/mol. The van der Waals surface area contributed by atoms with Gasteiger partial charge in [0.2, 0.25) is 0 Å². The van der Waals surface area contributed by atoms with Gasteiger partial charge in [-0.2, -0.15) is 0 Å². The topological polar surface area (TPSA) is 26.3 Å². The van der Waals surface area contributed by atoms with Gasteiger partial charge in [-0.1, -0.05) is 41.4 Å². The fourth-order valence-electron chi connectivity index (χ4n) is 1.76. The van der Waals surface area contributed by atoms with Crippen molar-refractivity contribution >= 4 is 35.1 Å². The summed E-state index contributed by atoms with van der Waals surface area (Å²) in [5.41, 5.74) is 1.43. The Labute approximate surface area is 134 Å². The summed E-state index contributed by atoms with van der Waals surface area (Å²) in [6.07, 6.45) is 3.26. The number of allylic oxidation sites excluding steroid dienone is 1. The lowest BCUT2D eigenvalue weighted by atomic mass is 10.1. The Morgan fingerprint density at radius 3 is 2.43 bits per heavy atom. The van der Waals surface area contributed by atoms with Crippen LogP contribution in [0.5, 0.6) is 5.75 Å². The van der Waals surface area contributed by atoms with Gasteiger partial charge in [-0.3, -0.25) is 4.79 Å². The zero-order chi connectivity index (χ0) is 15.2. The highest BCUT2D eigenvalue weighted by atomic mass is 35.5. The molecule has 0 radical (unpaired) electrons. The summed E-state index contributed by atoms with van der Waals surface area (Å²) in [5.74, 6) is 0.688. The van der Waals surface area contributed by atoms with Gasteiger partial charge in [0.1, 0.15) is 5.75 Å². The van der Waals surface area contributed by atoms with Gasteiger partial charge in [0.15, 0.2) is 5.78 Å². The zero-order valence-electron chi connectivity index (χ0n) is 11.5. The van der Waals surface area contributed by atoms with Gasteiger partial charge in [-0.25, -0.2) is 0 Å². The third kappa shape index (κ3) is 4.35. The van der Waals surface area contributed by atoms with Crippen molar-refractivity contribution in [1.29, 1.82) is 0 Å². The highest BCUT2D eigenvalue weighted by Crippen LogP contribution is 2.23. The van der Waals surface area contributed by atoms with Crippen LogP contribution in [-0.2, 0) is 0 Å². The number of carbonyl (C=O) groups is 1. The molecule has 4 heteroatoms. The predicted octanol–water partition coefficient (Wildman–Crippen LogP) is 5.29. The van der Waals surface area contributed by atoms with Crippen LogP contribution in [-0.4, -0.2) is 12.4 Å². The minimum absolute atomic E-state index is 0.123. The molecule has 0 N–H and O–H groups in total. The molecule has 0 saturated heterocycles. The second-order valence-electron chi connectivity index (χ2n) is 4.33. The van der Waals surface area contributed by atoms with Gasteiger partial charge in [0, 0.05) is 5.56 Å². The van der Waals surface area contributed by atoms with Crippen molar-refractivity contribution in [3.63, 3.8) is 0 Å². The Morgan fingerprint density at radius 1 is 1.10 bits per heavy atom. The number of hydrogen-bond donors (Lipinski definition) is 0. The Kier molecular flexibility index (Phi) is 5.43. The van der Waals surface area contributed by atoms with E-state index < -0.39 is 0 Å². The first kappa shape index (κ1) is 15.6. The minimum Gasteiger partial charge on any atom is -0.494 e. The highest BCUT2D eigenvalue weighted by molar-refractivity contribution is 6.42. The number of hydrogen-bond acceptors (Lipinski definition) is 2. The Balaban J connectivity index is 2.09. The molecule has 0 unspecified atom stereocenters. The van der Waals surface area contributed by atoms with Crippen molar-refractivity contribution in [2.24, 2.45) is 0 Å². The number of rotatable bonds is 5. The molecule has 0 fully saturated rings. The maximum absolute atomic E-state index is 12.0. The lowest BCUT2D eigenvalue weighted by molar-refractivity contribution is 0.104. The van der Waals surface area contributed by atoms with Gasteiger partial charge < -0.3 is 4.74 Å². The molecule has 0 saturated carbocycles. The van der Waals surface area contributed by atoms with E-state index in [9.17, 15) is 4.79 Å². The second kappa shape index (κ2) is 7.30. The fraction of sp³-hybridized carbons (Fsp3) is 0.118. The monoisotopic (exact) mass is 320 g/mol. The average molecular weight is 321 g/mol. The van der Waals surface area contributed by atoms with E-state index in [1.54, 1.807) is 24.3 Å². The van der Waals surface area contributed by atoms with Crippen molar-refractivity contribution in [3.8, 4) is 5.75 Å². The maximum Gasteiger partial charge on any atom is 0.185 e. The van der Waals surface area contributed by atoms with Crippen LogP contribution in [0.1, 0.15) is 22.8 Å². The van der Waals surface area contributed by atoms with Crippen LogP contribution in [0, 0.1) is 0 Å². The van der Waals surface area contributed by atoms with Crippen LogP contribution < -0.4 is 4.74 Å². The molecule has 0 aliphatic rings. The maximum atomic E-state index is 12.0. The largest absolute Gasteiger partial charge is 0.494 e. The summed E-state index contributed by atoms with van der Waals surface area (Å²) in [5, 5.41) is 0.806. The number of carbonyl (C=O) groups excluding carboxylic acids is 1. The van der Waals surface area contributed by atoms with Crippen LogP contribution in [0.25, 0.3) is 6.08 Å². The smallest absolute Gasteiger partial charge is 0.185 e. The Morgan fingerprint density at radius 2 is 1.81 bits per heavy atom. The van der Waals surface area contributed by atoms with E-state index in [1.165, 1.54) is 6.08 Å². The SMILES string of the molecule is CCOc1ccc(/C=C/C(=O)c2ccc(Cl)c(Cl)c2)cc1. The van der Waals surface area contributed by atoms with Crippen LogP contribution in [0.2, 0.25) is 10.0 Å². The molecule has 0 aliphatic heterocycles. The first-order valence-electron chi connectivity index (χ1n) is 6.50. The summed E-state index contributed by atoms with van der Waals surface area (Å²) in [6, 6.07) is 12.3. The van der Waals surface area contributed by atoms with Gasteiger partial charge in [0.05, 0.1) is 16.7 Å². The molecule has 0 amide bonds. The third-order valence-electron chi connectivity index (χ3n) is 2.82. The molecule has 2 nitrogen and oxygen atoms in total. The summed E-state index contributed by atoms with van der Waals surface area (Å²) in [7, 11) is 0. The van der Waals surface area contributed by atoms with E-state index in [4.69, 9.17) is 27.9 Å².